The number of pyridine rings is 1. The molecule has 4 aromatic rings. The van der Waals surface area contributed by atoms with E-state index in [4.69, 9.17) is 4.42 Å². The summed E-state index contributed by atoms with van der Waals surface area (Å²) in [6.07, 6.45) is 1.57. The van der Waals surface area contributed by atoms with Gasteiger partial charge >= 0.3 is 0 Å². The SMILES string of the molecule is Cc1cccc2nc(CSCc3coc(-c4cccc(F)c4)n3)cc(=O)n12. The van der Waals surface area contributed by atoms with Gasteiger partial charge in [-0.2, -0.15) is 0 Å². The minimum absolute atomic E-state index is 0.0801. The highest BCUT2D eigenvalue weighted by atomic mass is 32.2. The molecule has 3 heterocycles. The fourth-order valence-corrected chi connectivity index (χ4v) is 3.63. The Kier molecular flexibility index (Phi) is 4.77. The molecule has 7 heteroatoms. The number of thioether (sulfide) groups is 1. The Balaban J connectivity index is 1.45. The van der Waals surface area contributed by atoms with Gasteiger partial charge in [-0.25, -0.2) is 14.4 Å². The zero-order chi connectivity index (χ0) is 18.8. The van der Waals surface area contributed by atoms with E-state index in [9.17, 15) is 9.18 Å². The van der Waals surface area contributed by atoms with Crippen LogP contribution in [0.2, 0.25) is 0 Å². The highest BCUT2D eigenvalue weighted by molar-refractivity contribution is 7.97. The first-order chi connectivity index (χ1) is 13.1. The molecule has 0 aliphatic carbocycles. The molecule has 4 rings (SSSR count). The van der Waals surface area contributed by atoms with Crippen molar-refractivity contribution in [3.63, 3.8) is 0 Å². The maximum Gasteiger partial charge on any atom is 0.258 e. The lowest BCUT2D eigenvalue weighted by Gasteiger charge is -2.06. The number of fused-ring (bicyclic) bond motifs is 1. The van der Waals surface area contributed by atoms with Gasteiger partial charge < -0.3 is 4.42 Å². The summed E-state index contributed by atoms with van der Waals surface area (Å²) in [6.45, 7) is 1.88. The summed E-state index contributed by atoms with van der Waals surface area (Å²) >= 11 is 1.59. The Morgan fingerprint density at radius 3 is 2.74 bits per heavy atom. The second kappa shape index (κ2) is 7.36. The van der Waals surface area contributed by atoms with E-state index in [1.807, 2.05) is 25.1 Å². The number of aromatic nitrogens is 3. The van der Waals surface area contributed by atoms with Crippen LogP contribution in [0.5, 0.6) is 0 Å². The van der Waals surface area contributed by atoms with Crippen LogP contribution in [0.15, 0.2) is 64.0 Å². The van der Waals surface area contributed by atoms with E-state index >= 15 is 0 Å². The average Bonchev–Trinajstić information content (AvgIpc) is 3.10. The third-order valence-corrected chi connectivity index (χ3v) is 5.06. The van der Waals surface area contributed by atoms with Gasteiger partial charge in [0, 0.05) is 28.8 Å². The van der Waals surface area contributed by atoms with Gasteiger partial charge in [-0.15, -0.1) is 11.8 Å². The van der Waals surface area contributed by atoms with E-state index in [0.29, 0.717) is 28.6 Å². The molecule has 27 heavy (non-hydrogen) atoms. The van der Waals surface area contributed by atoms with E-state index in [1.54, 1.807) is 40.6 Å². The first-order valence-corrected chi connectivity index (χ1v) is 9.52. The third-order valence-electron chi connectivity index (χ3n) is 4.06. The molecule has 0 aliphatic heterocycles. The van der Waals surface area contributed by atoms with Crippen molar-refractivity contribution >= 4 is 17.4 Å². The number of benzene rings is 1. The molecule has 0 saturated carbocycles. The van der Waals surface area contributed by atoms with Gasteiger partial charge in [0.25, 0.3) is 5.56 Å². The largest absolute Gasteiger partial charge is 0.444 e. The summed E-state index contributed by atoms with van der Waals surface area (Å²) in [5.41, 5.74) is 3.51. The number of hydrogen-bond donors (Lipinski definition) is 0. The van der Waals surface area contributed by atoms with Crippen molar-refractivity contribution in [1.82, 2.24) is 14.4 Å². The van der Waals surface area contributed by atoms with Crippen molar-refractivity contribution < 1.29 is 8.81 Å². The molecular formula is C20H16FN3O2S. The maximum absolute atomic E-state index is 13.3. The molecule has 0 atom stereocenters. The molecule has 0 saturated heterocycles. The molecule has 0 amide bonds. The average molecular weight is 381 g/mol. The molecule has 1 aromatic carbocycles. The fourth-order valence-electron chi connectivity index (χ4n) is 2.83. The van der Waals surface area contributed by atoms with Gasteiger partial charge in [0.05, 0.1) is 11.4 Å². The lowest BCUT2D eigenvalue weighted by molar-refractivity contribution is 0.571. The Morgan fingerprint density at radius 2 is 1.89 bits per heavy atom. The molecule has 3 aromatic heterocycles. The predicted octanol–water partition coefficient (Wildman–Crippen LogP) is 4.23. The van der Waals surface area contributed by atoms with Gasteiger partial charge in [0.2, 0.25) is 5.89 Å². The Labute approximate surface area is 158 Å². The van der Waals surface area contributed by atoms with Gasteiger partial charge in [0.15, 0.2) is 0 Å². The summed E-state index contributed by atoms with van der Waals surface area (Å²) in [5.74, 6) is 1.25. The summed E-state index contributed by atoms with van der Waals surface area (Å²) in [4.78, 5) is 21.2. The number of rotatable bonds is 5. The van der Waals surface area contributed by atoms with Crippen molar-refractivity contribution in [3.05, 3.63) is 88.0 Å². The predicted molar refractivity (Wildman–Crippen MR) is 103 cm³/mol. The van der Waals surface area contributed by atoms with Crippen molar-refractivity contribution in [2.75, 3.05) is 0 Å². The Bertz CT molecular complexity index is 1170. The van der Waals surface area contributed by atoms with Crippen LogP contribution in [0, 0.1) is 12.7 Å². The van der Waals surface area contributed by atoms with E-state index in [1.165, 1.54) is 12.1 Å². The van der Waals surface area contributed by atoms with Crippen molar-refractivity contribution in [1.29, 1.82) is 0 Å². The van der Waals surface area contributed by atoms with E-state index in [-0.39, 0.29) is 11.4 Å². The highest BCUT2D eigenvalue weighted by Gasteiger charge is 2.09. The maximum atomic E-state index is 13.3. The normalized spacial score (nSPS) is 11.2. The van der Waals surface area contributed by atoms with Gasteiger partial charge in [-0.1, -0.05) is 12.1 Å². The Hall–Kier alpha value is -2.93. The summed E-state index contributed by atoms with van der Waals surface area (Å²) in [6, 6.07) is 13.3. The summed E-state index contributed by atoms with van der Waals surface area (Å²) < 4.78 is 20.3. The van der Waals surface area contributed by atoms with Gasteiger partial charge in [0.1, 0.15) is 17.7 Å². The van der Waals surface area contributed by atoms with Crippen molar-refractivity contribution in [2.45, 2.75) is 18.4 Å². The molecule has 136 valence electrons. The van der Waals surface area contributed by atoms with Crippen LogP contribution in [-0.4, -0.2) is 14.4 Å². The molecule has 0 spiro atoms. The van der Waals surface area contributed by atoms with Crippen LogP contribution in [-0.2, 0) is 11.5 Å². The molecule has 0 unspecified atom stereocenters. The third kappa shape index (κ3) is 3.78. The van der Waals surface area contributed by atoms with Crippen LogP contribution < -0.4 is 5.56 Å². The lowest BCUT2D eigenvalue weighted by Crippen LogP contribution is -2.17. The smallest absolute Gasteiger partial charge is 0.258 e. The highest BCUT2D eigenvalue weighted by Crippen LogP contribution is 2.22. The fraction of sp³-hybridized carbons (Fsp3) is 0.150. The van der Waals surface area contributed by atoms with Crippen LogP contribution in [0.3, 0.4) is 0 Å². The van der Waals surface area contributed by atoms with Crippen LogP contribution in [0.1, 0.15) is 17.1 Å². The van der Waals surface area contributed by atoms with Crippen LogP contribution in [0.25, 0.3) is 17.1 Å². The molecule has 0 N–H and O–H groups in total. The summed E-state index contributed by atoms with van der Waals surface area (Å²) in [7, 11) is 0. The second-order valence-corrected chi connectivity index (χ2v) is 7.08. The number of hydrogen-bond acceptors (Lipinski definition) is 5. The lowest BCUT2D eigenvalue weighted by atomic mass is 10.2. The zero-order valence-electron chi connectivity index (χ0n) is 14.6. The monoisotopic (exact) mass is 381 g/mol. The first kappa shape index (κ1) is 17.5. The topological polar surface area (TPSA) is 60.4 Å². The molecule has 0 aliphatic rings. The number of halogens is 1. The standard InChI is InChI=1S/C20H16FN3O2S/c1-13-4-2-7-18-22-16(9-19(25)24(13)18)11-27-12-17-10-26-20(23-17)14-5-3-6-15(21)8-14/h2-10H,11-12H2,1H3. The molecule has 0 bridgehead atoms. The van der Waals surface area contributed by atoms with Crippen LogP contribution in [0.4, 0.5) is 4.39 Å². The summed E-state index contributed by atoms with van der Waals surface area (Å²) in [5, 5.41) is 0. The van der Waals surface area contributed by atoms with Crippen molar-refractivity contribution in [3.8, 4) is 11.5 Å². The van der Waals surface area contributed by atoms with Gasteiger partial charge in [-0.05, 0) is 37.3 Å². The van der Waals surface area contributed by atoms with Gasteiger partial charge in [-0.3, -0.25) is 9.20 Å². The minimum Gasteiger partial charge on any atom is -0.444 e. The minimum atomic E-state index is -0.328. The second-order valence-electron chi connectivity index (χ2n) is 6.09. The van der Waals surface area contributed by atoms with Crippen molar-refractivity contribution in [2.24, 2.45) is 0 Å². The molecular weight excluding hydrogens is 365 g/mol. The van der Waals surface area contributed by atoms with E-state index < -0.39 is 0 Å². The van der Waals surface area contributed by atoms with E-state index in [0.717, 1.165) is 17.1 Å². The number of oxazole rings is 1. The zero-order valence-corrected chi connectivity index (χ0v) is 15.4. The quantitative estimate of drug-likeness (QED) is 0.518. The Morgan fingerprint density at radius 1 is 1.07 bits per heavy atom. The molecule has 0 radical (unpaired) electrons. The number of nitrogens with zero attached hydrogens (tertiary/aromatic N) is 3. The molecule has 5 nitrogen and oxygen atoms in total. The molecule has 0 fully saturated rings. The number of aryl methyl sites for hydroxylation is 1. The van der Waals surface area contributed by atoms with E-state index in [2.05, 4.69) is 9.97 Å². The van der Waals surface area contributed by atoms with Crippen LogP contribution >= 0.6 is 11.8 Å². The first-order valence-electron chi connectivity index (χ1n) is 8.36.